The van der Waals surface area contributed by atoms with Crippen LogP contribution in [-0.4, -0.2) is 36.3 Å². The van der Waals surface area contributed by atoms with E-state index in [2.05, 4.69) is 5.32 Å². The quantitative estimate of drug-likeness (QED) is 0.415. The van der Waals surface area contributed by atoms with Gasteiger partial charge in [0.15, 0.2) is 12.5 Å². The number of primary amides is 1. The Hall–Kier alpha value is -2.68. The van der Waals surface area contributed by atoms with Crippen LogP contribution in [0.4, 0.5) is 11.4 Å². The molecule has 9 heteroatoms. The minimum absolute atomic E-state index is 0.0146. The highest BCUT2D eigenvalue weighted by Gasteiger charge is 2.62. The van der Waals surface area contributed by atoms with Crippen LogP contribution < -0.4 is 16.0 Å². The van der Waals surface area contributed by atoms with Gasteiger partial charge in [-0.1, -0.05) is 65.7 Å². The highest BCUT2D eigenvalue weighted by molar-refractivity contribution is 8.04. The Morgan fingerprint density at radius 1 is 1.11 bits per heavy atom. The van der Waals surface area contributed by atoms with Gasteiger partial charge in [0.25, 0.3) is 0 Å². The van der Waals surface area contributed by atoms with Gasteiger partial charge in [0.05, 0.1) is 5.75 Å². The van der Waals surface area contributed by atoms with Crippen LogP contribution in [0.3, 0.4) is 0 Å². The van der Waals surface area contributed by atoms with Crippen molar-refractivity contribution in [2.75, 3.05) is 23.1 Å². The van der Waals surface area contributed by atoms with E-state index in [1.54, 1.807) is 19.2 Å². The Kier molecular flexibility index (Phi) is 6.46. The van der Waals surface area contributed by atoms with Crippen molar-refractivity contribution in [1.29, 1.82) is 0 Å². The number of amides is 1. The molecule has 2 heterocycles. The van der Waals surface area contributed by atoms with Crippen LogP contribution in [0.1, 0.15) is 11.1 Å². The second-order valence-corrected chi connectivity index (χ2v) is 10.2. The number of rotatable bonds is 6. The number of hydrogen-bond acceptors (Lipinski definition) is 6. The molecule has 4 N–H and O–H groups in total. The standard InChI is InChI=1S/C26H23Cl2N3O3S/c1-34-25-26(19-11-10-17(28)13-20(19)30-25)22(15-6-3-2-4-7-15)23(35-14-21(29)32)24(33)31(26)18-9-5-8-16(27)12-18/h2-13,24-25,30,33H,14H2,1H3,(H2,29,32). The summed E-state index contributed by atoms with van der Waals surface area (Å²) in [4.78, 5) is 14.3. The lowest BCUT2D eigenvalue weighted by Crippen LogP contribution is -2.55. The zero-order valence-electron chi connectivity index (χ0n) is 18.7. The first kappa shape index (κ1) is 24.0. The summed E-state index contributed by atoms with van der Waals surface area (Å²) in [6.07, 6.45) is -1.71. The lowest BCUT2D eigenvalue weighted by atomic mass is 9.79. The fraction of sp³-hybridized carbons (Fsp3) is 0.192. The highest BCUT2D eigenvalue weighted by Crippen LogP contribution is 2.61. The number of carbonyl (C=O) groups excluding carboxylic acids is 1. The lowest BCUT2D eigenvalue weighted by molar-refractivity contribution is -0.115. The van der Waals surface area contributed by atoms with Gasteiger partial charge < -0.3 is 25.8 Å². The van der Waals surface area contributed by atoms with Gasteiger partial charge in [0, 0.05) is 44.6 Å². The molecule has 3 aromatic rings. The Balaban J connectivity index is 1.87. The smallest absolute Gasteiger partial charge is 0.227 e. The van der Waals surface area contributed by atoms with E-state index >= 15 is 0 Å². The maximum absolute atomic E-state index is 11.9. The summed E-state index contributed by atoms with van der Waals surface area (Å²) in [5.74, 6) is -0.460. The summed E-state index contributed by atoms with van der Waals surface area (Å²) in [5, 5.41) is 16.5. The molecule has 6 nitrogen and oxygen atoms in total. The molecule has 0 saturated carbocycles. The van der Waals surface area contributed by atoms with Crippen molar-refractivity contribution >= 4 is 57.8 Å². The van der Waals surface area contributed by atoms with Crippen LogP contribution >= 0.6 is 35.0 Å². The van der Waals surface area contributed by atoms with E-state index in [0.717, 1.165) is 22.4 Å². The van der Waals surface area contributed by atoms with Gasteiger partial charge in [-0.25, -0.2) is 0 Å². The van der Waals surface area contributed by atoms with Crippen LogP contribution in [-0.2, 0) is 15.1 Å². The van der Waals surface area contributed by atoms with Gasteiger partial charge in [0.2, 0.25) is 5.91 Å². The number of nitrogens with one attached hydrogen (secondary N) is 1. The third kappa shape index (κ3) is 3.88. The SMILES string of the molecule is COC1Nc2cc(Cl)ccc2C12C(c1ccccc1)=C(SCC(N)=O)C(O)N2c1cccc(Cl)c1. The summed E-state index contributed by atoms with van der Waals surface area (Å²) >= 11 is 14.0. The van der Waals surface area contributed by atoms with E-state index in [1.807, 2.05) is 65.6 Å². The van der Waals surface area contributed by atoms with Crippen molar-refractivity contribution in [3.63, 3.8) is 0 Å². The van der Waals surface area contributed by atoms with Gasteiger partial charge in [-0.15, -0.1) is 11.8 Å². The van der Waals surface area contributed by atoms with Crippen molar-refractivity contribution in [3.05, 3.63) is 98.9 Å². The molecule has 2 aliphatic rings. The van der Waals surface area contributed by atoms with Crippen molar-refractivity contribution < 1.29 is 14.6 Å². The molecular weight excluding hydrogens is 505 g/mol. The van der Waals surface area contributed by atoms with Crippen LogP contribution in [0, 0.1) is 0 Å². The molecule has 0 bridgehead atoms. The Morgan fingerprint density at radius 2 is 1.86 bits per heavy atom. The van der Waals surface area contributed by atoms with Crippen LogP contribution in [0.15, 0.2) is 77.7 Å². The van der Waals surface area contributed by atoms with Crippen LogP contribution in [0.2, 0.25) is 10.0 Å². The molecule has 1 amide bonds. The number of carbonyl (C=O) groups is 1. The first-order valence-corrected chi connectivity index (χ1v) is 12.7. The van der Waals surface area contributed by atoms with Gasteiger partial charge in [-0.05, 0) is 35.9 Å². The maximum atomic E-state index is 11.9. The summed E-state index contributed by atoms with van der Waals surface area (Å²) in [7, 11) is 1.62. The van der Waals surface area contributed by atoms with E-state index < -0.39 is 23.9 Å². The third-order valence-electron chi connectivity index (χ3n) is 6.30. The van der Waals surface area contributed by atoms with Crippen molar-refractivity contribution in [1.82, 2.24) is 0 Å². The van der Waals surface area contributed by atoms with Gasteiger partial charge in [-0.2, -0.15) is 0 Å². The Labute approximate surface area is 217 Å². The second-order valence-electron chi connectivity index (χ2n) is 8.30. The largest absolute Gasteiger partial charge is 0.369 e. The zero-order chi connectivity index (χ0) is 24.7. The maximum Gasteiger partial charge on any atom is 0.227 e. The van der Waals surface area contributed by atoms with Crippen molar-refractivity contribution in [2.24, 2.45) is 5.73 Å². The number of halogens is 2. The number of benzene rings is 3. The summed E-state index contributed by atoms with van der Waals surface area (Å²) < 4.78 is 6.05. The molecule has 0 fully saturated rings. The number of aliphatic hydroxyl groups excluding tert-OH is 1. The van der Waals surface area contributed by atoms with Crippen molar-refractivity contribution in [2.45, 2.75) is 18.0 Å². The number of anilines is 2. The number of nitrogens with two attached hydrogens (primary N) is 1. The van der Waals surface area contributed by atoms with Gasteiger partial charge in [-0.3, -0.25) is 4.79 Å². The zero-order valence-corrected chi connectivity index (χ0v) is 21.1. The molecule has 1 spiro atoms. The second kappa shape index (κ2) is 9.41. The van der Waals surface area contributed by atoms with E-state index in [1.165, 1.54) is 11.8 Å². The molecule has 35 heavy (non-hydrogen) atoms. The number of nitrogens with zero attached hydrogens (tertiary/aromatic N) is 1. The summed E-state index contributed by atoms with van der Waals surface area (Å²) in [6.45, 7) is 0. The molecule has 2 aliphatic heterocycles. The molecule has 5 rings (SSSR count). The Morgan fingerprint density at radius 3 is 2.54 bits per heavy atom. The molecule has 180 valence electrons. The van der Waals surface area contributed by atoms with Gasteiger partial charge in [0.1, 0.15) is 5.54 Å². The first-order valence-electron chi connectivity index (χ1n) is 10.9. The van der Waals surface area contributed by atoms with Crippen LogP contribution in [0.5, 0.6) is 0 Å². The minimum Gasteiger partial charge on any atom is -0.369 e. The monoisotopic (exact) mass is 527 g/mol. The van der Waals surface area contributed by atoms with Crippen LogP contribution in [0.25, 0.3) is 5.57 Å². The predicted octanol–water partition coefficient (Wildman–Crippen LogP) is 5.06. The number of thioether (sulfide) groups is 1. The molecule has 0 radical (unpaired) electrons. The number of hydrogen-bond donors (Lipinski definition) is 3. The minimum atomic E-state index is -1.10. The van der Waals surface area contributed by atoms with E-state index in [-0.39, 0.29) is 5.75 Å². The number of fused-ring (bicyclic) bond motifs is 2. The van der Waals surface area contributed by atoms with E-state index in [0.29, 0.717) is 20.6 Å². The van der Waals surface area contributed by atoms with E-state index in [9.17, 15) is 9.90 Å². The molecule has 3 unspecified atom stereocenters. The number of aliphatic hydroxyl groups is 1. The van der Waals surface area contributed by atoms with Crippen molar-refractivity contribution in [3.8, 4) is 0 Å². The Bertz CT molecular complexity index is 1320. The molecule has 0 aromatic heterocycles. The van der Waals surface area contributed by atoms with E-state index in [4.69, 9.17) is 33.7 Å². The molecule has 3 aromatic carbocycles. The highest BCUT2D eigenvalue weighted by atomic mass is 35.5. The normalized spacial score (nSPS) is 23.0. The summed E-state index contributed by atoms with van der Waals surface area (Å²) in [6, 6.07) is 22.7. The fourth-order valence-electron chi connectivity index (χ4n) is 5.09. The first-order chi connectivity index (χ1) is 16.9. The average molecular weight is 528 g/mol. The predicted molar refractivity (Wildman–Crippen MR) is 143 cm³/mol. The molecule has 3 atom stereocenters. The third-order valence-corrected chi connectivity index (χ3v) is 7.92. The molecule has 0 saturated heterocycles. The number of ether oxygens (including phenoxy) is 1. The topological polar surface area (TPSA) is 87.8 Å². The average Bonchev–Trinajstić information content (AvgIpc) is 3.29. The molecule has 0 aliphatic carbocycles. The van der Waals surface area contributed by atoms with Gasteiger partial charge >= 0.3 is 0 Å². The fourth-order valence-corrected chi connectivity index (χ4v) is 6.41. The lowest BCUT2D eigenvalue weighted by Gasteiger charge is -2.44. The number of methoxy groups -OCH3 is 1. The molecular formula is C26H23Cl2N3O3S. The summed E-state index contributed by atoms with van der Waals surface area (Å²) in [5.41, 5.74) is 8.56.